The normalized spacial score (nSPS) is 31.8. The Morgan fingerprint density at radius 2 is 2.20 bits per heavy atom. The summed E-state index contributed by atoms with van der Waals surface area (Å²) in [6.45, 7) is 3.18. The van der Waals surface area contributed by atoms with Gasteiger partial charge in [-0.1, -0.05) is 26.2 Å². The van der Waals surface area contributed by atoms with E-state index in [1.807, 2.05) is 0 Å². The first-order valence-electron chi connectivity index (χ1n) is 6.48. The van der Waals surface area contributed by atoms with E-state index in [9.17, 15) is 0 Å². The fourth-order valence-corrected chi connectivity index (χ4v) is 2.82. The zero-order valence-electron chi connectivity index (χ0n) is 10.4. The van der Waals surface area contributed by atoms with E-state index in [1.165, 1.54) is 44.9 Å². The molecule has 0 aromatic rings. The summed E-state index contributed by atoms with van der Waals surface area (Å²) in [5.74, 6) is 0.881. The second kappa shape index (κ2) is 6.49. The van der Waals surface area contributed by atoms with Gasteiger partial charge in [-0.3, -0.25) is 0 Å². The molecule has 1 fully saturated rings. The van der Waals surface area contributed by atoms with Gasteiger partial charge in [0.2, 0.25) is 0 Å². The fraction of sp³-hybridized carbons (Fsp3) is 1.00. The lowest BCUT2D eigenvalue weighted by Gasteiger charge is -2.38. The van der Waals surface area contributed by atoms with Crippen LogP contribution in [0.5, 0.6) is 0 Å². The van der Waals surface area contributed by atoms with Crippen LogP contribution in [0.3, 0.4) is 0 Å². The van der Waals surface area contributed by atoms with Crippen LogP contribution in [0.15, 0.2) is 0 Å². The van der Waals surface area contributed by atoms with Crippen LogP contribution in [0.4, 0.5) is 0 Å². The Balaban J connectivity index is 2.24. The highest BCUT2D eigenvalue weighted by Crippen LogP contribution is 2.35. The van der Waals surface area contributed by atoms with Crippen LogP contribution < -0.4 is 5.73 Å². The highest BCUT2D eigenvalue weighted by atomic mass is 16.5. The van der Waals surface area contributed by atoms with Crippen LogP contribution in [-0.2, 0) is 4.74 Å². The predicted octanol–water partition coefficient (Wildman–Crippen LogP) is 3.10. The van der Waals surface area contributed by atoms with Gasteiger partial charge in [-0.2, -0.15) is 0 Å². The maximum atomic E-state index is 6.47. The van der Waals surface area contributed by atoms with Crippen molar-refractivity contribution < 1.29 is 4.74 Å². The number of unbranched alkanes of at least 4 members (excludes halogenated alkanes) is 1. The summed E-state index contributed by atoms with van der Waals surface area (Å²) >= 11 is 0. The van der Waals surface area contributed by atoms with E-state index >= 15 is 0 Å². The van der Waals surface area contributed by atoms with Crippen molar-refractivity contribution in [1.29, 1.82) is 0 Å². The van der Waals surface area contributed by atoms with Crippen molar-refractivity contribution in [3.63, 3.8) is 0 Å². The quantitative estimate of drug-likeness (QED) is 0.688. The Morgan fingerprint density at radius 3 is 2.87 bits per heavy atom. The standard InChI is InChI=1S/C13H27NO/c1-3-12-7-6-9-13(14,11-12)8-4-5-10-15-2/h12H,3-11,14H2,1-2H3. The lowest BCUT2D eigenvalue weighted by atomic mass is 9.73. The molecule has 2 atom stereocenters. The first-order valence-corrected chi connectivity index (χ1v) is 6.48. The summed E-state index contributed by atoms with van der Waals surface area (Å²) in [6, 6.07) is 0. The molecule has 0 aliphatic heterocycles. The minimum Gasteiger partial charge on any atom is -0.385 e. The second-order valence-electron chi connectivity index (χ2n) is 5.18. The molecular weight excluding hydrogens is 186 g/mol. The summed E-state index contributed by atoms with van der Waals surface area (Å²) < 4.78 is 5.07. The van der Waals surface area contributed by atoms with Crippen LogP contribution >= 0.6 is 0 Å². The van der Waals surface area contributed by atoms with Crippen molar-refractivity contribution in [1.82, 2.24) is 0 Å². The molecule has 0 heterocycles. The predicted molar refractivity (Wildman–Crippen MR) is 64.9 cm³/mol. The highest BCUT2D eigenvalue weighted by Gasteiger charge is 2.31. The maximum Gasteiger partial charge on any atom is 0.0462 e. The minimum absolute atomic E-state index is 0.146. The Kier molecular flexibility index (Phi) is 5.62. The van der Waals surface area contributed by atoms with Crippen molar-refractivity contribution in [2.45, 2.75) is 63.8 Å². The van der Waals surface area contributed by atoms with Crippen molar-refractivity contribution in [3.05, 3.63) is 0 Å². The van der Waals surface area contributed by atoms with Gasteiger partial charge >= 0.3 is 0 Å². The first-order chi connectivity index (χ1) is 7.20. The average molecular weight is 213 g/mol. The summed E-state index contributed by atoms with van der Waals surface area (Å²) in [4.78, 5) is 0. The average Bonchev–Trinajstić information content (AvgIpc) is 2.24. The molecule has 0 bridgehead atoms. The monoisotopic (exact) mass is 213 g/mol. The molecule has 1 rings (SSSR count). The fourth-order valence-electron chi connectivity index (χ4n) is 2.82. The van der Waals surface area contributed by atoms with Gasteiger partial charge in [-0.15, -0.1) is 0 Å². The van der Waals surface area contributed by atoms with Crippen LogP contribution in [0.2, 0.25) is 0 Å². The topological polar surface area (TPSA) is 35.2 Å². The van der Waals surface area contributed by atoms with Crippen LogP contribution in [-0.4, -0.2) is 19.3 Å². The summed E-state index contributed by atoms with van der Waals surface area (Å²) in [5, 5.41) is 0. The summed E-state index contributed by atoms with van der Waals surface area (Å²) in [7, 11) is 1.77. The number of rotatable bonds is 6. The zero-order chi connectivity index (χ0) is 11.1. The van der Waals surface area contributed by atoms with Crippen molar-refractivity contribution >= 4 is 0 Å². The van der Waals surface area contributed by atoms with Gasteiger partial charge in [0.25, 0.3) is 0 Å². The van der Waals surface area contributed by atoms with E-state index in [0.717, 1.165) is 18.9 Å². The smallest absolute Gasteiger partial charge is 0.0462 e. The second-order valence-corrected chi connectivity index (χ2v) is 5.18. The maximum absolute atomic E-state index is 6.47. The van der Waals surface area contributed by atoms with Gasteiger partial charge in [-0.05, 0) is 38.0 Å². The van der Waals surface area contributed by atoms with Gasteiger partial charge in [-0.25, -0.2) is 0 Å². The first kappa shape index (κ1) is 13.0. The van der Waals surface area contributed by atoms with E-state index in [-0.39, 0.29) is 5.54 Å². The van der Waals surface area contributed by atoms with Gasteiger partial charge < -0.3 is 10.5 Å². The van der Waals surface area contributed by atoms with Crippen LogP contribution in [0.25, 0.3) is 0 Å². The van der Waals surface area contributed by atoms with E-state index < -0.39 is 0 Å². The lowest BCUT2D eigenvalue weighted by Crippen LogP contribution is -2.44. The third-order valence-corrected chi connectivity index (χ3v) is 3.83. The molecular formula is C13H27NO. The molecule has 0 saturated heterocycles. The molecule has 1 aliphatic rings. The Hall–Kier alpha value is -0.0800. The minimum atomic E-state index is 0.146. The van der Waals surface area contributed by atoms with Gasteiger partial charge in [0.05, 0.1) is 0 Å². The summed E-state index contributed by atoms with van der Waals surface area (Å²) in [6.07, 6.45) is 10.1. The molecule has 90 valence electrons. The largest absolute Gasteiger partial charge is 0.385 e. The third-order valence-electron chi connectivity index (χ3n) is 3.83. The van der Waals surface area contributed by atoms with E-state index in [1.54, 1.807) is 7.11 Å². The summed E-state index contributed by atoms with van der Waals surface area (Å²) in [5.41, 5.74) is 6.61. The molecule has 0 aromatic carbocycles. The van der Waals surface area contributed by atoms with Gasteiger partial charge in [0, 0.05) is 19.3 Å². The number of methoxy groups -OCH3 is 1. The Morgan fingerprint density at radius 1 is 1.40 bits per heavy atom. The van der Waals surface area contributed by atoms with Gasteiger partial charge in [0.15, 0.2) is 0 Å². The highest BCUT2D eigenvalue weighted by molar-refractivity contribution is 4.90. The van der Waals surface area contributed by atoms with Crippen LogP contribution in [0.1, 0.15) is 58.3 Å². The molecule has 0 aromatic heterocycles. The lowest BCUT2D eigenvalue weighted by molar-refractivity contribution is 0.174. The number of nitrogens with two attached hydrogens (primary N) is 1. The van der Waals surface area contributed by atoms with Crippen molar-refractivity contribution in [3.8, 4) is 0 Å². The SMILES string of the molecule is CCC1CCCC(N)(CCCCOC)C1. The number of hydrogen-bond acceptors (Lipinski definition) is 2. The molecule has 2 nitrogen and oxygen atoms in total. The molecule has 2 heteroatoms. The van der Waals surface area contributed by atoms with E-state index in [2.05, 4.69) is 6.92 Å². The molecule has 0 spiro atoms. The van der Waals surface area contributed by atoms with E-state index in [4.69, 9.17) is 10.5 Å². The Bertz CT molecular complexity index is 172. The molecule has 2 unspecified atom stereocenters. The molecule has 15 heavy (non-hydrogen) atoms. The molecule has 0 amide bonds. The van der Waals surface area contributed by atoms with Crippen molar-refractivity contribution in [2.75, 3.05) is 13.7 Å². The molecule has 1 aliphatic carbocycles. The molecule has 2 N–H and O–H groups in total. The number of hydrogen-bond donors (Lipinski definition) is 1. The van der Waals surface area contributed by atoms with Crippen molar-refractivity contribution in [2.24, 2.45) is 11.7 Å². The van der Waals surface area contributed by atoms with E-state index in [0.29, 0.717) is 0 Å². The Labute approximate surface area is 94.6 Å². The zero-order valence-corrected chi connectivity index (χ0v) is 10.4. The molecule has 0 radical (unpaired) electrons. The molecule has 1 saturated carbocycles. The van der Waals surface area contributed by atoms with Crippen LogP contribution in [0, 0.1) is 5.92 Å². The number of ether oxygens (including phenoxy) is 1. The third kappa shape index (κ3) is 4.52. The van der Waals surface area contributed by atoms with Gasteiger partial charge in [0.1, 0.15) is 0 Å².